The molecule has 0 saturated heterocycles. The van der Waals surface area contributed by atoms with Crippen LogP contribution in [0.2, 0.25) is 5.02 Å². The molecule has 1 aromatic carbocycles. The lowest BCUT2D eigenvalue weighted by atomic mass is 10.2. The third kappa shape index (κ3) is 12.4. The van der Waals surface area contributed by atoms with Crippen molar-refractivity contribution in [3.05, 3.63) is 89.6 Å². The number of rotatable bonds is 8. The number of ether oxygens (including phenoxy) is 1. The summed E-state index contributed by atoms with van der Waals surface area (Å²) in [4.78, 5) is 14.2. The molecule has 5 nitrogen and oxygen atoms in total. The molecule has 0 aliphatic rings. The molecule has 0 bridgehead atoms. The van der Waals surface area contributed by atoms with Gasteiger partial charge in [0.25, 0.3) is 0 Å². The molecular formula is C24H29ClF3N3O2. The van der Waals surface area contributed by atoms with Crippen LogP contribution in [0.4, 0.5) is 18.9 Å². The van der Waals surface area contributed by atoms with Crippen LogP contribution in [0.1, 0.15) is 26.3 Å². The van der Waals surface area contributed by atoms with Gasteiger partial charge in [-0.15, -0.1) is 0 Å². The second-order valence-electron chi connectivity index (χ2n) is 5.91. The Morgan fingerprint density at radius 2 is 1.97 bits per heavy atom. The number of pyridine rings is 1. The Kier molecular flexibility index (Phi) is 14.8. The Morgan fingerprint density at radius 3 is 2.48 bits per heavy atom. The molecule has 0 spiro atoms. The van der Waals surface area contributed by atoms with Crippen molar-refractivity contribution in [1.82, 2.24) is 10.3 Å². The van der Waals surface area contributed by atoms with Crippen LogP contribution in [0.3, 0.4) is 0 Å². The van der Waals surface area contributed by atoms with Crippen LogP contribution >= 0.6 is 11.6 Å². The number of alkyl halides is 3. The number of hydrogen-bond donors (Lipinski definition) is 2. The summed E-state index contributed by atoms with van der Waals surface area (Å²) in [5, 5.41) is 5.25. The first-order valence-corrected chi connectivity index (χ1v) is 10.4. The Hall–Kier alpha value is -3.26. The van der Waals surface area contributed by atoms with Gasteiger partial charge in [0.1, 0.15) is 17.8 Å². The first-order chi connectivity index (χ1) is 15.7. The number of benzene rings is 1. The second kappa shape index (κ2) is 16.4. The standard InChI is InChI=1S/C14H16N2O2.C8H7ClF3N.C2H6/c1-3-5-13(10-12(2)16-8-9-17)18-14-6-4-7-15-11-14;1-13-5-2-3-7(9)6(4-5)8(10,11)12;1-2/h3-7,9-11,16H,1,8H2,2H3;2-4,13H,1H3;1-2H3/b12-10+,13-5+;;. The summed E-state index contributed by atoms with van der Waals surface area (Å²) in [6, 6.07) is 7.28. The van der Waals surface area contributed by atoms with Crippen molar-refractivity contribution in [3.63, 3.8) is 0 Å². The number of allylic oxidation sites excluding steroid dienone is 4. The van der Waals surface area contributed by atoms with Gasteiger partial charge >= 0.3 is 6.18 Å². The van der Waals surface area contributed by atoms with Crippen molar-refractivity contribution in [2.45, 2.75) is 26.9 Å². The number of aldehydes is 1. The summed E-state index contributed by atoms with van der Waals surface area (Å²) in [5.74, 6) is 1.26. The first-order valence-electron chi connectivity index (χ1n) is 10.0. The van der Waals surface area contributed by atoms with Crippen LogP contribution in [0.15, 0.2) is 79.0 Å². The molecule has 0 radical (unpaired) electrons. The topological polar surface area (TPSA) is 63.2 Å². The summed E-state index contributed by atoms with van der Waals surface area (Å²) < 4.78 is 42.4. The highest BCUT2D eigenvalue weighted by Crippen LogP contribution is 2.35. The predicted molar refractivity (Wildman–Crippen MR) is 128 cm³/mol. The zero-order valence-corrected chi connectivity index (χ0v) is 19.8. The van der Waals surface area contributed by atoms with E-state index in [1.807, 2.05) is 26.8 Å². The molecule has 0 aliphatic carbocycles. The van der Waals surface area contributed by atoms with Gasteiger partial charge in [-0.05, 0) is 49.4 Å². The third-order valence-corrected chi connectivity index (χ3v) is 3.87. The first kappa shape index (κ1) is 29.7. The van der Waals surface area contributed by atoms with Gasteiger partial charge < -0.3 is 20.2 Å². The minimum Gasteiger partial charge on any atom is -0.456 e. The molecule has 0 fully saturated rings. The number of nitrogens with zero attached hydrogens (tertiary/aromatic N) is 1. The lowest BCUT2D eigenvalue weighted by molar-refractivity contribution is -0.137. The average molecular weight is 484 g/mol. The summed E-state index contributed by atoms with van der Waals surface area (Å²) in [6.45, 7) is 9.76. The van der Waals surface area contributed by atoms with Gasteiger partial charge in [-0.3, -0.25) is 4.98 Å². The van der Waals surface area contributed by atoms with Crippen molar-refractivity contribution < 1.29 is 22.7 Å². The fourth-order valence-electron chi connectivity index (χ4n) is 2.14. The second-order valence-corrected chi connectivity index (χ2v) is 6.32. The Balaban J connectivity index is 0.000000602. The van der Waals surface area contributed by atoms with Crippen LogP contribution in [-0.2, 0) is 11.0 Å². The number of hydrogen-bond acceptors (Lipinski definition) is 5. The summed E-state index contributed by atoms with van der Waals surface area (Å²) >= 11 is 5.39. The molecule has 2 N–H and O–H groups in total. The molecule has 33 heavy (non-hydrogen) atoms. The zero-order valence-electron chi connectivity index (χ0n) is 19.0. The average Bonchev–Trinajstić information content (AvgIpc) is 2.80. The van der Waals surface area contributed by atoms with Crippen molar-refractivity contribution in [2.24, 2.45) is 0 Å². The summed E-state index contributed by atoms with van der Waals surface area (Å²) in [5.41, 5.74) is 0.400. The van der Waals surface area contributed by atoms with Crippen molar-refractivity contribution in [1.29, 1.82) is 0 Å². The molecule has 0 amide bonds. The van der Waals surface area contributed by atoms with Crippen LogP contribution in [-0.4, -0.2) is 24.9 Å². The minimum atomic E-state index is -4.40. The van der Waals surface area contributed by atoms with Crippen LogP contribution < -0.4 is 15.4 Å². The number of carbonyl (C=O) groups is 1. The minimum absolute atomic E-state index is 0.274. The maximum absolute atomic E-state index is 12.3. The van der Waals surface area contributed by atoms with E-state index in [-0.39, 0.29) is 11.6 Å². The van der Waals surface area contributed by atoms with E-state index in [0.29, 0.717) is 17.2 Å². The molecule has 1 heterocycles. The van der Waals surface area contributed by atoms with Gasteiger partial charge in [-0.1, -0.05) is 38.1 Å². The Bertz CT molecular complexity index is 915. The van der Waals surface area contributed by atoms with E-state index in [4.69, 9.17) is 16.3 Å². The van der Waals surface area contributed by atoms with Crippen molar-refractivity contribution in [3.8, 4) is 5.75 Å². The number of halogens is 4. The summed E-state index contributed by atoms with van der Waals surface area (Å²) in [7, 11) is 1.55. The van der Waals surface area contributed by atoms with Gasteiger partial charge in [0.05, 0.1) is 23.3 Å². The molecule has 1 aromatic heterocycles. The maximum atomic E-state index is 12.3. The lowest BCUT2D eigenvalue weighted by Gasteiger charge is -2.10. The van der Waals surface area contributed by atoms with E-state index in [1.54, 1.807) is 43.7 Å². The molecule has 0 saturated carbocycles. The van der Waals surface area contributed by atoms with E-state index < -0.39 is 11.7 Å². The molecule has 2 rings (SSSR count). The SMILES string of the molecule is C=C/C=C(\C=C(/C)NCC=O)Oc1cccnc1.CC.CNc1ccc(Cl)c(C(F)(F)F)c1. The van der Waals surface area contributed by atoms with Gasteiger partial charge in [-0.2, -0.15) is 13.2 Å². The van der Waals surface area contributed by atoms with Crippen LogP contribution in [0, 0.1) is 0 Å². The highest BCUT2D eigenvalue weighted by Gasteiger charge is 2.33. The monoisotopic (exact) mass is 483 g/mol. The van der Waals surface area contributed by atoms with E-state index in [1.165, 1.54) is 12.1 Å². The Morgan fingerprint density at radius 1 is 1.27 bits per heavy atom. The predicted octanol–water partition coefficient (Wildman–Crippen LogP) is 6.65. The fraction of sp³-hybridized carbons (Fsp3) is 0.250. The molecule has 180 valence electrons. The largest absolute Gasteiger partial charge is 0.456 e. The smallest absolute Gasteiger partial charge is 0.417 e. The van der Waals surface area contributed by atoms with Crippen molar-refractivity contribution >= 4 is 23.6 Å². The normalized spacial score (nSPS) is 11.2. The molecule has 0 aliphatic heterocycles. The van der Waals surface area contributed by atoms with Gasteiger partial charge in [0.2, 0.25) is 0 Å². The highest BCUT2D eigenvalue weighted by atomic mass is 35.5. The molecule has 0 unspecified atom stereocenters. The van der Waals surface area contributed by atoms with Crippen molar-refractivity contribution in [2.75, 3.05) is 18.9 Å². The zero-order chi connectivity index (χ0) is 25.3. The van der Waals surface area contributed by atoms with E-state index in [2.05, 4.69) is 22.2 Å². The van der Waals surface area contributed by atoms with Gasteiger partial charge in [0.15, 0.2) is 0 Å². The molecule has 9 heteroatoms. The Labute approximate surface area is 198 Å². The maximum Gasteiger partial charge on any atom is 0.417 e. The fourth-order valence-corrected chi connectivity index (χ4v) is 2.36. The number of nitrogens with one attached hydrogen (secondary N) is 2. The number of aromatic nitrogens is 1. The number of anilines is 1. The third-order valence-electron chi connectivity index (χ3n) is 3.54. The highest BCUT2D eigenvalue weighted by molar-refractivity contribution is 6.31. The van der Waals surface area contributed by atoms with Crippen LogP contribution in [0.25, 0.3) is 0 Å². The van der Waals surface area contributed by atoms with E-state index in [9.17, 15) is 18.0 Å². The molecule has 2 aromatic rings. The van der Waals surface area contributed by atoms with Crippen LogP contribution in [0.5, 0.6) is 5.75 Å². The lowest BCUT2D eigenvalue weighted by Crippen LogP contribution is -2.14. The molecule has 0 atom stereocenters. The van der Waals surface area contributed by atoms with Gasteiger partial charge in [0, 0.05) is 24.6 Å². The quantitative estimate of drug-likeness (QED) is 0.250. The van der Waals surface area contributed by atoms with E-state index in [0.717, 1.165) is 18.0 Å². The summed E-state index contributed by atoms with van der Waals surface area (Å²) in [6.07, 6.45) is 4.86. The molecular weight excluding hydrogens is 455 g/mol. The number of carbonyl (C=O) groups excluding carboxylic acids is 1. The van der Waals surface area contributed by atoms with Gasteiger partial charge in [-0.25, -0.2) is 0 Å². The van der Waals surface area contributed by atoms with E-state index >= 15 is 0 Å².